The van der Waals surface area contributed by atoms with Crippen molar-refractivity contribution in [3.8, 4) is 22.6 Å². The number of aromatic amines is 2. The van der Waals surface area contributed by atoms with Crippen molar-refractivity contribution in [1.82, 2.24) is 19.7 Å². The van der Waals surface area contributed by atoms with Gasteiger partial charge in [0.15, 0.2) is 0 Å². The van der Waals surface area contributed by atoms with Crippen LogP contribution < -0.4 is 15.7 Å². The number of hydrogen-bond donors (Lipinski definition) is 4. The van der Waals surface area contributed by atoms with E-state index in [1.807, 2.05) is 56.3 Å². The number of nitrogens with zero attached hydrogens (tertiary/aromatic N) is 2. The number of carbonyl (C=O) groups is 1. The van der Waals surface area contributed by atoms with Crippen LogP contribution in [0.4, 0.5) is 11.5 Å². The minimum atomic E-state index is -1.09. The standard InChI is InChI=1S/C26H23N5O4/c1-14-6-4-5-7-22(14)31-24(27-19-11-9-17(35-3)13-18(19)25(32)33)23(15(2)30-31)16-8-10-20-21(12-16)29-26(34)28-20/h4-13,27H,1-3H3,(H,32,33)(H2,28,29,34). The molecule has 0 saturated carbocycles. The van der Waals surface area contributed by atoms with Gasteiger partial charge in [0.2, 0.25) is 0 Å². The van der Waals surface area contributed by atoms with Crippen LogP contribution in [0.25, 0.3) is 27.8 Å². The molecule has 0 aliphatic rings. The zero-order chi connectivity index (χ0) is 24.7. The molecular formula is C26H23N5O4. The zero-order valence-corrected chi connectivity index (χ0v) is 19.3. The lowest BCUT2D eigenvalue weighted by molar-refractivity contribution is 0.0697. The predicted molar refractivity (Wildman–Crippen MR) is 134 cm³/mol. The summed E-state index contributed by atoms with van der Waals surface area (Å²) in [4.78, 5) is 29.4. The van der Waals surface area contributed by atoms with E-state index < -0.39 is 5.97 Å². The number of para-hydroxylation sites is 1. The number of anilines is 2. The molecule has 9 heteroatoms. The maximum Gasteiger partial charge on any atom is 0.337 e. The summed E-state index contributed by atoms with van der Waals surface area (Å²) >= 11 is 0. The van der Waals surface area contributed by atoms with Crippen LogP contribution in [0, 0.1) is 13.8 Å². The van der Waals surface area contributed by atoms with Gasteiger partial charge in [0.25, 0.3) is 0 Å². The summed E-state index contributed by atoms with van der Waals surface area (Å²) in [7, 11) is 1.49. The summed E-state index contributed by atoms with van der Waals surface area (Å²) < 4.78 is 7.00. The van der Waals surface area contributed by atoms with E-state index in [0.29, 0.717) is 28.3 Å². The molecule has 0 bridgehead atoms. The fraction of sp³-hybridized carbons (Fsp3) is 0.115. The smallest absolute Gasteiger partial charge is 0.337 e. The van der Waals surface area contributed by atoms with Crippen LogP contribution in [0.3, 0.4) is 0 Å². The number of methoxy groups -OCH3 is 1. The highest BCUT2D eigenvalue weighted by Crippen LogP contribution is 2.38. The third-order valence-electron chi connectivity index (χ3n) is 5.92. The molecular weight excluding hydrogens is 446 g/mol. The highest BCUT2D eigenvalue weighted by Gasteiger charge is 2.22. The molecule has 0 unspecified atom stereocenters. The average Bonchev–Trinajstić information content (AvgIpc) is 3.37. The topological polar surface area (TPSA) is 125 Å². The van der Waals surface area contributed by atoms with E-state index in [-0.39, 0.29) is 11.3 Å². The number of ether oxygens (including phenoxy) is 1. The minimum Gasteiger partial charge on any atom is -0.497 e. The van der Waals surface area contributed by atoms with Crippen LogP contribution in [-0.4, -0.2) is 37.9 Å². The summed E-state index contributed by atoms with van der Waals surface area (Å²) in [6.07, 6.45) is 0. The Balaban J connectivity index is 1.75. The van der Waals surface area contributed by atoms with Gasteiger partial charge in [-0.1, -0.05) is 24.3 Å². The quantitative estimate of drug-likeness (QED) is 0.284. The van der Waals surface area contributed by atoms with Gasteiger partial charge >= 0.3 is 11.7 Å². The Bertz CT molecular complexity index is 1640. The van der Waals surface area contributed by atoms with Crippen molar-refractivity contribution >= 4 is 28.5 Å². The molecule has 0 saturated heterocycles. The predicted octanol–water partition coefficient (Wildman–Crippen LogP) is 4.78. The van der Waals surface area contributed by atoms with E-state index in [4.69, 9.17) is 9.84 Å². The second-order valence-corrected chi connectivity index (χ2v) is 8.19. The van der Waals surface area contributed by atoms with Crippen LogP contribution in [0.1, 0.15) is 21.6 Å². The van der Waals surface area contributed by atoms with Gasteiger partial charge in [-0.3, -0.25) is 0 Å². The Morgan fingerprint density at radius 1 is 1.03 bits per heavy atom. The maximum atomic E-state index is 12.0. The molecule has 0 atom stereocenters. The third kappa shape index (κ3) is 3.93. The first-order valence-electron chi connectivity index (χ1n) is 10.9. The fourth-order valence-electron chi connectivity index (χ4n) is 4.22. The van der Waals surface area contributed by atoms with Crippen molar-refractivity contribution in [2.45, 2.75) is 13.8 Å². The molecule has 5 rings (SSSR count). The molecule has 35 heavy (non-hydrogen) atoms. The van der Waals surface area contributed by atoms with Crippen molar-refractivity contribution in [2.24, 2.45) is 0 Å². The number of aryl methyl sites for hydroxylation is 2. The molecule has 4 N–H and O–H groups in total. The van der Waals surface area contributed by atoms with E-state index in [0.717, 1.165) is 28.1 Å². The van der Waals surface area contributed by atoms with E-state index in [9.17, 15) is 14.7 Å². The van der Waals surface area contributed by atoms with E-state index in [2.05, 4.69) is 15.3 Å². The molecule has 2 aromatic heterocycles. The second kappa shape index (κ2) is 8.53. The Kier molecular flexibility index (Phi) is 5.37. The SMILES string of the molecule is COc1ccc(Nc2c(-c3ccc4[nH]c(=O)[nH]c4c3)c(C)nn2-c2ccccc2C)c(C(=O)O)c1. The molecule has 0 aliphatic carbocycles. The number of aromatic carboxylic acids is 1. The second-order valence-electron chi connectivity index (χ2n) is 8.19. The number of rotatable bonds is 6. The van der Waals surface area contributed by atoms with Gasteiger partial charge in [0.05, 0.1) is 40.8 Å². The molecule has 9 nitrogen and oxygen atoms in total. The van der Waals surface area contributed by atoms with Gasteiger partial charge in [-0.05, 0) is 61.4 Å². The molecule has 0 aliphatic heterocycles. The van der Waals surface area contributed by atoms with Crippen LogP contribution in [0.5, 0.6) is 5.75 Å². The van der Waals surface area contributed by atoms with Gasteiger partial charge in [0, 0.05) is 5.56 Å². The fourth-order valence-corrected chi connectivity index (χ4v) is 4.22. The number of hydrogen-bond acceptors (Lipinski definition) is 5. The van der Waals surface area contributed by atoms with Crippen LogP contribution >= 0.6 is 0 Å². The number of fused-ring (bicyclic) bond motifs is 1. The number of carboxylic acid groups (broad SMARTS) is 1. The molecule has 176 valence electrons. The molecule has 0 fully saturated rings. The lowest BCUT2D eigenvalue weighted by Gasteiger charge is -2.16. The van der Waals surface area contributed by atoms with Gasteiger partial charge in [-0.25, -0.2) is 14.3 Å². The lowest BCUT2D eigenvalue weighted by Crippen LogP contribution is -2.08. The Hall–Kier alpha value is -4.79. The molecule has 0 amide bonds. The van der Waals surface area contributed by atoms with Crippen LogP contribution in [-0.2, 0) is 0 Å². The Labute approximate surface area is 200 Å². The first-order chi connectivity index (χ1) is 16.9. The number of nitrogens with one attached hydrogen (secondary N) is 3. The van der Waals surface area contributed by atoms with Crippen molar-refractivity contribution in [3.63, 3.8) is 0 Å². The summed E-state index contributed by atoms with van der Waals surface area (Å²) in [6, 6.07) is 18.3. The van der Waals surface area contributed by atoms with E-state index >= 15 is 0 Å². The first-order valence-corrected chi connectivity index (χ1v) is 10.9. The number of aromatic nitrogens is 4. The number of carboxylic acids is 1. The first kappa shape index (κ1) is 22.0. The number of imidazole rings is 1. The van der Waals surface area contributed by atoms with Gasteiger partial charge < -0.3 is 25.1 Å². The largest absolute Gasteiger partial charge is 0.497 e. The highest BCUT2D eigenvalue weighted by molar-refractivity contribution is 5.97. The van der Waals surface area contributed by atoms with Crippen LogP contribution in [0.2, 0.25) is 0 Å². The van der Waals surface area contributed by atoms with Crippen molar-refractivity contribution in [2.75, 3.05) is 12.4 Å². The molecule has 3 aromatic carbocycles. The summed E-state index contributed by atoms with van der Waals surface area (Å²) in [5.74, 6) is -0.0433. The number of benzene rings is 3. The van der Waals surface area contributed by atoms with Crippen LogP contribution in [0.15, 0.2) is 65.5 Å². The average molecular weight is 470 g/mol. The van der Waals surface area contributed by atoms with Crippen molar-refractivity contribution in [3.05, 3.63) is 88.0 Å². The Morgan fingerprint density at radius 2 is 1.80 bits per heavy atom. The van der Waals surface area contributed by atoms with Gasteiger partial charge in [0.1, 0.15) is 11.6 Å². The van der Waals surface area contributed by atoms with Gasteiger partial charge in [-0.15, -0.1) is 0 Å². The Morgan fingerprint density at radius 3 is 2.54 bits per heavy atom. The zero-order valence-electron chi connectivity index (χ0n) is 19.3. The van der Waals surface area contributed by atoms with E-state index in [1.54, 1.807) is 16.8 Å². The highest BCUT2D eigenvalue weighted by atomic mass is 16.5. The molecule has 0 radical (unpaired) electrons. The van der Waals surface area contributed by atoms with Crippen molar-refractivity contribution < 1.29 is 14.6 Å². The summed E-state index contributed by atoms with van der Waals surface area (Å²) in [5.41, 5.74) is 5.72. The summed E-state index contributed by atoms with van der Waals surface area (Å²) in [5, 5.41) is 18.0. The molecule has 2 heterocycles. The monoisotopic (exact) mass is 469 g/mol. The summed E-state index contributed by atoms with van der Waals surface area (Å²) in [6.45, 7) is 3.88. The minimum absolute atomic E-state index is 0.0657. The van der Waals surface area contributed by atoms with Crippen molar-refractivity contribution in [1.29, 1.82) is 0 Å². The van der Waals surface area contributed by atoms with Gasteiger partial charge in [-0.2, -0.15) is 5.10 Å². The van der Waals surface area contributed by atoms with E-state index in [1.165, 1.54) is 13.2 Å². The molecule has 0 spiro atoms. The normalized spacial score (nSPS) is 11.1. The molecule has 5 aromatic rings. The number of H-pyrrole nitrogens is 2. The lowest BCUT2D eigenvalue weighted by atomic mass is 10.0. The maximum absolute atomic E-state index is 12.0. The third-order valence-corrected chi connectivity index (χ3v) is 5.92.